The number of aromatic nitrogens is 2. The molecule has 0 bridgehead atoms. The summed E-state index contributed by atoms with van der Waals surface area (Å²) in [5.41, 5.74) is 4.36. The van der Waals surface area contributed by atoms with Gasteiger partial charge in [0.2, 0.25) is 0 Å². The molecular weight excluding hydrogens is 498 g/mol. The van der Waals surface area contributed by atoms with Crippen molar-refractivity contribution in [1.29, 1.82) is 0 Å². The first kappa shape index (κ1) is 23.9. The number of alkyl carbamates (subject to hydrolysis) is 1. The van der Waals surface area contributed by atoms with Crippen LogP contribution in [0.5, 0.6) is 0 Å². The fourth-order valence-electron chi connectivity index (χ4n) is 4.01. The van der Waals surface area contributed by atoms with Crippen molar-refractivity contribution in [3.05, 3.63) is 82.1 Å². The quantitative estimate of drug-likeness (QED) is 0.455. The van der Waals surface area contributed by atoms with Crippen molar-refractivity contribution < 1.29 is 19.1 Å². The summed E-state index contributed by atoms with van der Waals surface area (Å²) in [6.45, 7) is 5.47. The van der Waals surface area contributed by atoms with Crippen LogP contribution in [0.15, 0.2) is 65.3 Å². The molecule has 8 heteroatoms. The Labute approximate surface area is 207 Å². The average Bonchev–Trinajstić information content (AvgIpc) is 3.11. The van der Waals surface area contributed by atoms with Crippen molar-refractivity contribution in [1.82, 2.24) is 15.5 Å². The maximum Gasteiger partial charge on any atom is 0.407 e. The maximum atomic E-state index is 12.8. The van der Waals surface area contributed by atoms with Gasteiger partial charge in [-0.15, -0.1) is 5.10 Å². The van der Waals surface area contributed by atoms with Gasteiger partial charge < -0.3 is 14.8 Å². The Morgan fingerprint density at radius 2 is 1.59 bits per heavy atom. The lowest BCUT2D eigenvalue weighted by Gasteiger charge is -2.24. The number of nitrogens with one attached hydrogen (secondary N) is 1. The standard InChI is InChI=1S/C26H26BrN3O4/c1-26(2,3)34-24(31)22(14-16-12-13-23(27)30-29-16)28-25(32)33-15-21-19-10-6-4-8-17(19)18-9-5-7-11-20(18)21/h4-13,21-22H,14-15H2,1-3H3,(H,28,32). The van der Waals surface area contributed by atoms with Crippen LogP contribution in [0.2, 0.25) is 0 Å². The Hall–Kier alpha value is -3.26. The van der Waals surface area contributed by atoms with Crippen LogP contribution in [0.25, 0.3) is 11.1 Å². The van der Waals surface area contributed by atoms with Gasteiger partial charge >= 0.3 is 12.1 Å². The Morgan fingerprint density at radius 3 is 2.15 bits per heavy atom. The first-order valence-corrected chi connectivity index (χ1v) is 11.8. The van der Waals surface area contributed by atoms with Crippen LogP contribution in [0.4, 0.5) is 4.79 Å². The van der Waals surface area contributed by atoms with Gasteiger partial charge in [-0.2, -0.15) is 5.10 Å². The van der Waals surface area contributed by atoms with E-state index in [-0.39, 0.29) is 18.9 Å². The number of carbonyl (C=O) groups excluding carboxylic acids is 2. The lowest BCUT2D eigenvalue weighted by atomic mass is 9.98. The molecule has 0 spiro atoms. The number of amides is 1. The van der Waals surface area contributed by atoms with E-state index in [0.29, 0.717) is 10.3 Å². The zero-order chi connectivity index (χ0) is 24.3. The average molecular weight is 524 g/mol. The SMILES string of the molecule is CC(C)(C)OC(=O)C(Cc1ccc(Br)nn1)NC(=O)OCC1c2ccccc2-c2ccccc21. The molecule has 176 valence electrons. The summed E-state index contributed by atoms with van der Waals surface area (Å²) in [4.78, 5) is 25.6. The third-order valence-electron chi connectivity index (χ3n) is 5.43. The van der Waals surface area contributed by atoms with Gasteiger partial charge in [-0.25, -0.2) is 9.59 Å². The van der Waals surface area contributed by atoms with Crippen LogP contribution in [-0.2, 0) is 20.7 Å². The van der Waals surface area contributed by atoms with E-state index in [4.69, 9.17) is 9.47 Å². The molecule has 1 atom stereocenters. The van der Waals surface area contributed by atoms with E-state index in [1.165, 1.54) is 0 Å². The minimum absolute atomic E-state index is 0.0736. The van der Waals surface area contributed by atoms with Crippen molar-refractivity contribution in [3.8, 4) is 11.1 Å². The van der Waals surface area contributed by atoms with Gasteiger partial charge in [-0.1, -0.05) is 48.5 Å². The number of hydrogen-bond donors (Lipinski definition) is 1. The highest BCUT2D eigenvalue weighted by molar-refractivity contribution is 9.10. The first-order valence-electron chi connectivity index (χ1n) is 11.0. The molecule has 34 heavy (non-hydrogen) atoms. The van der Waals surface area contributed by atoms with E-state index in [9.17, 15) is 9.59 Å². The van der Waals surface area contributed by atoms with Crippen molar-refractivity contribution in [3.63, 3.8) is 0 Å². The Kier molecular flexibility index (Phi) is 6.97. The van der Waals surface area contributed by atoms with Gasteiger partial charge in [0.25, 0.3) is 0 Å². The predicted octanol–water partition coefficient (Wildman–Crippen LogP) is 5.03. The highest BCUT2D eigenvalue weighted by Gasteiger charge is 2.31. The highest BCUT2D eigenvalue weighted by Crippen LogP contribution is 2.44. The molecule has 1 N–H and O–H groups in total. The summed E-state index contributed by atoms with van der Waals surface area (Å²) in [7, 11) is 0. The number of rotatable bonds is 6. The second kappa shape index (κ2) is 9.93. The van der Waals surface area contributed by atoms with E-state index in [0.717, 1.165) is 22.3 Å². The number of halogens is 1. The van der Waals surface area contributed by atoms with E-state index in [2.05, 4.69) is 55.7 Å². The van der Waals surface area contributed by atoms with E-state index >= 15 is 0 Å². The predicted molar refractivity (Wildman–Crippen MR) is 131 cm³/mol. The molecule has 1 heterocycles. The number of esters is 1. The zero-order valence-corrected chi connectivity index (χ0v) is 20.8. The Bertz CT molecular complexity index is 1150. The number of ether oxygens (including phenoxy) is 2. The molecule has 0 fully saturated rings. The third kappa shape index (κ3) is 5.62. The fraction of sp³-hybridized carbons (Fsp3) is 0.308. The molecule has 0 saturated heterocycles. The number of fused-ring (bicyclic) bond motifs is 3. The van der Waals surface area contributed by atoms with Crippen LogP contribution < -0.4 is 5.32 Å². The monoisotopic (exact) mass is 523 g/mol. The van der Waals surface area contributed by atoms with Crippen LogP contribution in [-0.4, -0.2) is 40.5 Å². The fourth-order valence-corrected chi connectivity index (χ4v) is 4.22. The van der Waals surface area contributed by atoms with E-state index in [1.807, 2.05) is 24.3 Å². The van der Waals surface area contributed by atoms with E-state index < -0.39 is 23.7 Å². The van der Waals surface area contributed by atoms with Gasteiger partial charge in [0, 0.05) is 12.3 Å². The zero-order valence-electron chi connectivity index (χ0n) is 19.2. The summed E-state index contributed by atoms with van der Waals surface area (Å²) >= 11 is 3.24. The summed E-state index contributed by atoms with van der Waals surface area (Å²) in [6, 6.07) is 18.7. The summed E-state index contributed by atoms with van der Waals surface area (Å²) in [5.74, 6) is -0.638. The van der Waals surface area contributed by atoms with Gasteiger partial charge in [0.05, 0.1) is 5.69 Å². The van der Waals surface area contributed by atoms with Crippen LogP contribution in [0.1, 0.15) is 43.5 Å². The van der Waals surface area contributed by atoms with Crippen molar-refractivity contribution in [2.24, 2.45) is 0 Å². The number of carbonyl (C=O) groups is 2. The molecule has 3 aromatic rings. The Balaban J connectivity index is 1.46. The Morgan fingerprint density at radius 1 is 0.971 bits per heavy atom. The molecule has 1 aliphatic rings. The maximum absolute atomic E-state index is 12.8. The summed E-state index contributed by atoms with van der Waals surface area (Å²) in [5, 5.41) is 10.7. The van der Waals surface area contributed by atoms with Crippen LogP contribution in [0.3, 0.4) is 0 Å². The molecule has 0 saturated carbocycles. The molecule has 0 radical (unpaired) electrons. The molecule has 1 amide bonds. The second-order valence-corrected chi connectivity index (χ2v) is 9.92. The molecule has 1 unspecified atom stereocenters. The van der Waals surface area contributed by atoms with Crippen molar-refractivity contribution in [2.45, 2.75) is 44.8 Å². The smallest absolute Gasteiger partial charge is 0.407 e. The molecule has 1 aliphatic carbocycles. The third-order valence-corrected chi connectivity index (χ3v) is 5.85. The lowest BCUT2D eigenvalue weighted by Crippen LogP contribution is -2.46. The molecule has 1 aromatic heterocycles. The van der Waals surface area contributed by atoms with Crippen LogP contribution >= 0.6 is 15.9 Å². The van der Waals surface area contributed by atoms with Crippen LogP contribution in [0, 0.1) is 0 Å². The van der Waals surface area contributed by atoms with Crippen molar-refractivity contribution >= 4 is 28.0 Å². The molecule has 0 aliphatic heterocycles. The minimum atomic E-state index is -0.967. The summed E-state index contributed by atoms with van der Waals surface area (Å²) in [6.07, 6.45) is -0.567. The van der Waals surface area contributed by atoms with Gasteiger partial charge in [0.15, 0.2) is 0 Å². The van der Waals surface area contributed by atoms with Gasteiger partial charge in [0.1, 0.15) is 22.9 Å². The molecule has 4 rings (SSSR count). The number of hydrogen-bond acceptors (Lipinski definition) is 6. The minimum Gasteiger partial charge on any atom is -0.458 e. The normalized spacial score (nSPS) is 13.5. The first-order chi connectivity index (χ1) is 16.2. The summed E-state index contributed by atoms with van der Waals surface area (Å²) < 4.78 is 11.7. The molecular formula is C26H26BrN3O4. The largest absolute Gasteiger partial charge is 0.458 e. The second-order valence-electron chi connectivity index (χ2n) is 9.11. The number of nitrogens with zero attached hydrogens (tertiary/aromatic N) is 2. The molecule has 7 nitrogen and oxygen atoms in total. The lowest BCUT2D eigenvalue weighted by molar-refractivity contribution is -0.157. The van der Waals surface area contributed by atoms with Crippen molar-refractivity contribution in [2.75, 3.05) is 6.61 Å². The van der Waals surface area contributed by atoms with Gasteiger partial charge in [-0.05, 0) is 71.1 Å². The topological polar surface area (TPSA) is 90.4 Å². The van der Waals surface area contributed by atoms with Gasteiger partial charge in [-0.3, -0.25) is 0 Å². The highest BCUT2D eigenvalue weighted by atomic mass is 79.9. The number of benzene rings is 2. The van der Waals surface area contributed by atoms with E-state index in [1.54, 1.807) is 32.9 Å². The molecule has 2 aromatic carbocycles.